The molecule has 0 fully saturated rings. The molecule has 2 aromatic carbocycles. The van der Waals surface area contributed by atoms with E-state index in [0.717, 1.165) is 24.8 Å². The van der Waals surface area contributed by atoms with Gasteiger partial charge in [0.15, 0.2) is 0 Å². The van der Waals surface area contributed by atoms with Crippen LogP contribution in [0.25, 0.3) is 0 Å². The van der Waals surface area contributed by atoms with Gasteiger partial charge in [-0.3, -0.25) is 9.59 Å². The maximum Gasteiger partial charge on any atom is 0.272 e. The Labute approximate surface area is 158 Å². The Hall–Kier alpha value is -3.21. The number of hydrogen-bond acceptors (Lipinski definition) is 3. The SMILES string of the molecule is Cn1nc(C(=O)NC(CCCc2ccccc2)c2ccccc2)ccc1=O. The fourth-order valence-corrected chi connectivity index (χ4v) is 3.02. The zero-order valence-electron chi connectivity index (χ0n) is 15.3. The molecule has 1 N–H and O–H groups in total. The molecule has 27 heavy (non-hydrogen) atoms. The van der Waals surface area contributed by atoms with Crippen LogP contribution in [0.3, 0.4) is 0 Å². The minimum Gasteiger partial charge on any atom is -0.344 e. The summed E-state index contributed by atoms with van der Waals surface area (Å²) in [4.78, 5) is 24.1. The van der Waals surface area contributed by atoms with Gasteiger partial charge in [-0.2, -0.15) is 5.10 Å². The lowest BCUT2D eigenvalue weighted by atomic mass is 9.99. The molecule has 1 heterocycles. The molecular formula is C22H23N3O2. The fourth-order valence-electron chi connectivity index (χ4n) is 3.02. The number of nitrogens with one attached hydrogen (secondary N) is 1. The number of rotatable bonds is 7. The van der Waals surface area contributed by atoms with Gasteiger partial charge in [-0.15, -0.1) is 0 Å². The van der Waals surface area contributed by atoms with Gasteiger partial charge in [0.25, 0.3) is 11.5 Å². The molecular weight excluding hydrogens is 338 g/mol. The summed E-state index contributed by atoms with van der Waals surface area (Å²) in [6.45, 7) is 0. The van der Waals surface area contributed by atoms with Crippen molar-refractivity contribution in [1.82, 2.24) is 15.1 Å². The summed E-state index contributed by atoms with van der Waals surface area (Å²) in [5.74, 6) is -0.279. The number of aromatic nitrogens is 2. The summed E-state index contributed by atoms with van der Waals surface area (Å²) in [5, 5.41) is 7.11. The molecule has 0 radical (unpaired) electrons. The van der Waals surface area contributed by atoms with Crippen molar-refractivity contribution >= 4 is 5.91 Å². The summed E-state index contributed by atoms with van der Waals surface area (Å²) in [6, 6.07) is 23.0. The Morgan fingerprint density at radius 1 is 1.00 bits per heavy atom. The minimum absolute atomic E-state index is 0.110. The third kappa shape index (κ3) is 5.14. The molecule has 0 aliphatic rings. The van der Waals surface area contributed by atoms with Gasteiger partial charge in [0, 0.05) is 13.1 Å². The smallest absolute Gasteiger partial charge is 0.272 e. The van der Waals surface area contributed by atoms with Crippen molar-refractivity contribution in [1.29, 1.82) is 0 Å². The monoisotopic (exact) mass is 361 g/mol. The first kappa shape index (κ1) is 18.6. The van der Waals surface area contributed by atoms with E-state index in [4.69, 9.17) is 0 Å². The van der Waals surface area contributed by atoms with Crippen LogP contribution < -0.4 is 10.9 Å². The van der Waals surface area contributed by atoms with Gasteiger partial charge in [0.1, 0.15) is 5.69 Å². The zero-order chi connectivity index (χ0) is 19.1. The van der Waals surface area contributed by atoms with Crippen molar-refractivity contribution in [3.63, 3.8) is 0 Å². The second-order valence-corrected chi connectivity index (χ2v) is 6.49. The average molecular weight is 361 g/mol. The molecule has 3 aromatic rings. The molecule has 0 spiro atoms. The first-order valence-electron chi connectivity index (χ1n) is 9.07. The predicted octanol–water partition coefficient (Wildman–Crippen LogP) is 3.27. The number of carbonyl (C=O) groups excluding carboxylic acids is 1. The predicted molar refractivity (Wildman–Crippen MR) is 106 cm³/mol. The van der Waals surface area contributed by atoms with E-state index >= 15 is 0 Å². The van der Waals surface area contributed by atoms with Gasteiger partial charge in [0.05, 0.1) is 6.04 Å². The number of benzene rings is 2. The van der Waals surface area contributed by atoms with Crippen molar-refractivity contribution in [2.75, 3.05) is 0 Å². The van der Waals surface area contributed by atoms with E-state index in [1.807, 2.05) is 48.5 Å². The van der Waals surface area contributed by atoms with Crippen LogP contribution in [0.15, 0.2) is 77.6 Å². The highest BCUT2D eigenvalue weighted by Gasteiger charge is 2.17. The Kier molecular flexibility index (Phi) is 6.15. The quantitative estimate of drug-likeness (QED) is 0.702. The Morgan fingerprint density at radius 2 is 1.67 bits per heavy atom. The highest BCUT2D eigenvalue weighted by atomic mass is 16.2. The lowest BCUT2D eigenvalue weighted by molar-refractivity contribution is 0.0926. The Morgan fingerprint density at radius 3 is 2.33 bits per heavy atom. The van der Waals surface area contributed by atoms with Crippen molar-refractivity contribution in [2.24, 2.45) is 7.05 Å². The van der Waals surface area contributed by atoms with Crippen LogP contribution >= 0.6 is 0 Å². The molecule has 0 aliphatic carbocycles. The maximum atomic E-state index is 12.6. The summed E-state index contributed by atoms with van der Waals surface area (Å²) < 4.78 is 1.17. The average Bonchev–Trinajstić information content (AvgIpc) is 2.70. The molecule has 1 atom stereocenters. The van der Waals surface area contributed by atoms with Gasteiger partial charge in [-0.05, 0) is 36.5 Å². The van der Waals surface area contributed by atoms with E-state index < -0.39 is 0 Å². The number of amides is 1. The molecule has 1 unspecified atom stereocenters. The van der Waals surface area contributed by atoms with Crippen LogP contribution in [-0.4, -0.2) is 15.7 Å². The lowest BCUT2D eigenvalue weighted by Gasteiger charge is -2.19. The van der Waals surface area contributed by atoms with Gasteiger partial charge >= 0.3 is 0 Å². The molecule has 1 aromatic heterocycles. The van der Waals surface area contributed by atoms with E-state index in [-0.39, 0.29) is 23.2 Å². The fraction of sp³-hybridized carbons (Fsp3) is 0.227. The van der Waals surface area contributed by atoms with Gasteiger partial charge in [-0.25, -0.2) is 4.68 Å². The van der Waals surface area contributed by atoms with Crippen LogP contribution in [-0.2, 0) is 13.5 Å². The molecule has 0 saturated carbocycles. The zero-order valence-corrected chi connectivity index (χ0v) is 15.3. The Balaban J connectivity index is 1.70. The molecule has 5 heteroatoms. The molecule has 5 nitrogen and oxygen atoms in total. The van der Waals surface area contributed by atoms with Crippen LogP contribution in [0.1, 0.15) is 40.5 Å². The first-order chi connectivity index (χ1) is 13.1. The second kappa shape index (κ2) is 8.94. The standard InChI is InChI=1S/C22H23N3O2/c1-25-21(26)16-15-20(24-25)22(27)23-19(18-12-6-3-7-13-18)14-8-11-17-9-4-2-5-10-17/h2-7,9-10,12-13,15-16,19H,8,11,14H2,1H3,(H,23,27). The molecule has 0 aliphatic heterocycles. The van der Waals surface area contributed by atoms with Crippen LogP contribution in [0.5, 0.6) is 0 Å². The number of aryl methyl sites for hydroxylation is 2. The van der Waals surface area contributed by atoms with Crippen LogP contribution in [0, 0.1) is 0 Å². The second-order valence-electron chi connectivity index (χ2n) is 6.49. The van der Waals surface area contributed by atoms with Crippen LogP contribution in [0.2, 0.25) is 0 Å². The first-order valence-corrected chi connectivity index (χ1v) is 9.07. The van der Waals surface area contributed by atoms with E-state index in [1.165, 1.54) is 29.4 Å². The minimum atomic E-state index is -0.279. The number of hydrogen-bond donors (Lipinski definition) is 1. The highest BCUT2D eigenvalue weighted by Crippen LogP contribution is 2.20. The van der Waals surface area contributed by atoms with Crippen LogP contribution in [0.4, 0.5) is 0 Å². The third-order valence-electron chi connectivity index (χ3n) is 4.50. The maximum absolute atomic E-state index is 12.6. The van der Waals surface area contributed by atoms with E-state index in [9.17, 15) is 9.59 Å². The lowest BCUT2D eigenvalue weighted by Crippen LogP contribution is -2.31. The summed E-state index contributed by atoms with van der Waals surface area (Å²) in [5.41, 5.74) is 2.34. The van der Waals surface area contributed by atoms with Gasteiger partial charge in [-0.1, -0.05) is 60.7 Å². The van der Waals surface area contributed by atoms with Crippen molar-refractivity contribution in [3.05, 3.63) is 100.0 Å². The molecule has 3 rings (SSSR count). The normalized spacial score (nSPS) is 11.7. The van der Waals surface area contributed by atoms with E-state index in [1.54, 1.807) is 0 Å². The van der Waals surface area contributed by atoms with Crippen molar-refractivity contribution in [2.45, 2.75) is 25.3 Å². The summed E-state index contributed by atoms with van der Waals surface area (Å²) in [6.07, 6.45) is 2.72. The summed E-state index contributed by atoms with van der Waals surface area (Å²) in [7, 11) is 1.54. The molecule has 138 valence electrons. The van der Waals surface area contributed by atoms with Crippen molar-refractivity contribution in [3.8, 4) is 0 Å². The van der Waals surface area contributed by atoms with Crippen molar-refractivity contribution < 1.29 is 4.79 Å². The number of nitrogens with zero attached hydrogens (tertiary/aromatic N) is 2. The van der Waals surface area contributed by atoms with Gasteiger partial charge < -0.3 is 5.32 Å². The third-order valence-corrected chi connectivity index (χ3v) is 4.50. The summed E-state index contributed by atoms with van der Waals surface area (Å²) >= 11 is 0. The Bertz CT molecular complexity index is 937. The van der Waals surface area contributed by atoms with Gasteiger partial charge in [0.2, 0.25) is 0 Å². The topological polar surface area (TPSA) is 64.0 Å². The molecule has 0 bridgehead atoms. The molecule has 1 amide bonds. The largest absolute Gasteiger partial charge is 0.344 e. The highest BCUT2D eigenvalue weighted by molar-refractivity contribution is 5.92. The van der Waals surface area contributed by atoms with E-state index in [0.29, 0.717) is 0 Å². The number of carbonyl (C=O) groups is 1. The molecule has 0 saturated heterocycles. The van der Waals surface area contributed by atoms with E-state index in [2.05, 4.69) is 22.5 Å².